The number of carbonyl (C=O) groups is 2. The summed E-state index contributed by atoms with van der Waals surface area (Å²) in [5.41, 5.74) is 0.797. The first-order chi connectivity index (χ1) is 16.8. The third-order valence-electron chi connectivity index (χ3n) is 6.05. The zero-order valence-electron chi connectivity index (χ0n) is 20.1. The predicted molar refractivity (Wildman–Crippen MR) is 128 cm³/mol. The number of benzene rings is 2. The summed E-state index contributed by atoms with van der Waals surface area (Å²) in [6, 6.07) is 12.9. The quantitative estimate of drug-likeness (QED) is 0.285. The smallest absolute Gasteiger partial charge is 0.416 e. The summed E-state index contributed by atoms with van der Waals surface area (Å²) in [7, 11) is 0. The summed E-state index contributed by atoms with van der Waals surface area (Å²) in [5, 5.41) is 19.1. The number of aromatic nitrogens is 2. The number of anilines is 1. The number of aliphatic hydroxyl groups excluding tert-OH is 1. The minimum absolute atomic E-state index is 0.0368. The topological polar surface area (TPSA) is 83.4 Å². The van der Waals surface area contributed by atoms with E-state index in [-0.39, 0.29) is 22.4 Å². The molecular formula is C27H24F3N3O3. The van der Waals surface area contributed by atoms with Gasteiger partial charge in [-0.05, 0) is 47.7 Å². The lowest BCUT2D eigenvalue weighted by Crippen LogP contribution is -2.30. The van der Waals surface area contributed by atoms with Crippen LogP contribution in [0.1, 0.15) is 54.8 Å². The Labute approximate surface area is 206 Å². The molecule has 1 fully saturated rings. The van der Waals surface area contributed by atoms with Gasteiger partial charge in [0.25, 0.3) is 5.78 Å². The third-order valence-corrected chi connectivity index (χ3v) is 6.05. The summed E-state index contributed by atoms with van der Waals surface area (Å²) in [6.45, 7) is 7.78. The largest absolute Gasteiger partial charge is 0.507 e. The number of halogens is 3. The van der Waals surface area contributed by atoms with Crippen LogP contribution >= 0.6 is 0 Å². The van der Waals surface area contributed by atoms with Crippen molar-refractivity contribution in [3.8, 4) is 0 Å². The van der Waals surface area contributed by atoms with Crippen molar-refractivity contribution in [2.45, 2.75) is 45.3 Å². The van der Waals surface area contributed by atoms with E-state index in [2.05, 4.69) is 10.2 Å². The molecule has 1 saturated heterocycles. The Kier molecular flexibility index (Phi) is 6.20. The summed E-state index contributed by atoms with van der Waals surface area (Å²) < 4.78 is 39.5. The Morgan fingerprint density at radius 2 is 1.44 bits per heavy atom. The number of hydrogen-bond donors (Lipinski definition) is 1. The van der Waals surface area contributed by atoms with Gasteiger partial charge in [-0.2, -0.15) is 18.3 Å². The van der Waals surface area contributed by atoms with Crippen LogP contribution < -0.4 is 4.90 Å². The van der Waals surface area contributed by atoms with E-state index in [1.54, 1.807) is 25.1 Å². The molecular weight excluding hydrogens is 471 g/mol. The molecule has 6 nitrogen and oxygen atoms in total. The van der Waals surface area contributed by atoms with Gasteiger partial charge in [0.2, 0.25) is 0 Å². The maximum atomic E-state index is 13.2. The van der Waals surface area contributed by atoms with Gasteiger partial charge < -0.3 is 5.11 Å². The molecule has 186 valence electrons. The Hall–Kier alpha value is -4.01. The van der Waals surface area contributed by atoms with Gasteiger partial charge in [0.1, 0.15) is 5.76 Å². The Morgan fingerprint density at radius 3 is 1.94 bits per heavy atom. The Morgan fingerprint density at radius 1 is 0.861 bits per heavy atom. The fraction of sp³-hybridized carbons (Fsp3) is 0.259. The second-order valence-electron chi connectivity index (χ2n) is 9.65. The predicted octanol–water partition coefficient (Wildman–Crippen LogP) is 5.73. The number of rotatable bonds is 3. The van der Waals surface area contributed by atoms with E-state index >= 15 is 0 Å². The van der Waals surface area contributed by atoms with E-state index in [4.69, 9.17) is 0 Å². The van der Waals surface area contributed by atoms with E-state index in [1.165, 1.54) is 18.2 Å². The van der Waals surface area contributed by atoms with Crippen LogP contribution in [0.4, 0.5) is 19.0 Å². The molecule has 2 aromatic carbocycles. The summed E-state index contributed by atoms with van der Waals surface area (Å²) in [4.78, 5) is 27.3. The lowest BCUT2D eigenvalue weighted by atomic mass is 9.86. The standard InChI is InChI=1S/C27H24F3N3O3/c1-15-5-14-20(32-31-15)33-22(16-6-12-19(13-7-16)27(28,29)30)21(24(35)25(33)36)23(34)17-8-10-18(11-9-17)26(2,3)4/h5-14,22,34H,1-4H3/t22-/m0/s1. The molecule has 4 rings (SSSR count). The number of aliphatic hydroxyl groups is 1. The van der Waals surface area contributed by atoms with Gasteiger partial charge in [-0.1, -0.05) is 57.2 Å². The minimum atomic E-state index is -4.56. The Bertz CT molecular complexity index is 1340. The van der Waals surface area contributed by atoms with Crippen molar-refractivity contribution in [1.82, 2.24) is 10.2 Å². The van der Waals surface area contributed by atoms with E-state index < -0.39 is 35.2 Å². The fourth-order valence-corrected chi connectivity index (χ4v) is 4.04. The summed E-state index contributed by atoms with van der Waals surface area (Å²) in [6.07, 6.45) is -4.56. The van der Waals surface area contributed by atoms with Crippen molar-refractivity contribution < 1.29 is 27.9 Å². The van der Waals surface area contributed by atoms with Crippen LogP contribution in [-0.2, 0) is 21.2 Å². The number of alkyl halides is 3. The SMILES string of the molecule is Cc1ccc(N2C(=O)C(=O)C(=C(O)c3ccc(C(C)(C)C)cc3)[C@@H]2c2ccc(C(F)(F)F)cc2)nn1. The number of amides is 1. The minimum Gasteiger partial charge on any atom is -0.507 e. The molecule has 0 bridgehead atoms. The van der Waals surface area contributed by atoms with Crippen LogP contribution in [0.3, 0.4) is 0 Å². The highest BCUT2D eigenvalue weighted by Gasteiger charge is 2.48. The van der Waals surface area contributed by atoms with Crippen molar-refractivity contribution in [2.75, 3.05) is 4.90 Å². The van der Waals surface area contributed by atoms with Crippen LogP contribution in [-0.4, -0.2) is 27.0 Å². The summed E-state index contributed by atoms with van der Waals surface area (Å²) in [5.74, 6) is -2.33. The molecule has 1 N–H and O–H groups in total. The number of Topliss-reactive ketones (excluding diaryl/α,β-unsaturated/α-hetero) is 1. The first kappa shape index (κ1) is 25.1. The second kappa shape index (κ2) is 8.89. The molecule has 0 unspecified atom stereocenters. The average molecular weight is 496 g/mol. The number of aryl methyl sites for hydroxylation is 1. The molecule has 3 aromatic rings. The van der Waals surface area contributed by atoms with E-state index in [1.807, 2.05) is 32.9 Å². The van der Waals surface area contributed by atoms with Gasteiger partial charge in [-0.15, -0.1) is 5.10 Å². The van der Waals surface area contributed by atoms with Gasteiger partial charge in [0.15, 0.2) is 5.82 Å². The van der Waals surface area contributed by atoms with E-state index in [0.29, 0.717) is 11.3 Å². The van der Waals surface area contributed by atoms with Crippen molar-refractivity contribution in [3.05, 3.63) is 94.2 Å². The highest BCUT2D eigenvalue weighted by Crippen LogP contribution is 2.42. The normalized spacial score (nSPS) is 18.1. The molecule has 1 aromatic heterocycles. The molecule has 1 amide bonds. The molecule has 9 heteroatoms. The summed E-state index contributed by atoms with van der Waals surface area (Å²) >= 11 is 0. The van der Waals surface area contributed by atoms with Gasteiger partial charge in [-0.3, -0.25) is 14.5 Å². The molecule has 0 saturated carbocycles. The van der Waals surface area contributed by atoms with Crippen LogP contribution in [0.5, 0.6) is 0 Å². The number of ketones is 1. The number of carbonyl (C=O) groups excluding carboxylic acids is 2. The van der Waals surface area contributed by atoms with Crippen LogP contribution in [0, 0.1) is 6.92 Å². The molecule has 36 heavy (non-hydrogen) atoms. The Balaban J connectivity index is 1.89. The molecule has 1 atom stereocenters. The molecule has 1 aliphatic heterocycles. The lowest BCUT2D eigenvalue weighted by molar-refractivity contribution is -0.137. The van der Waals surface area contributed by atoms with Crippen molar-refractivity contribution >= 4 is 23.3 Å². The lowest BCUT2D eigenvalue weighted by Gasteiger charge is -2.24. The maximum Gasteiger partial charge on any atom is 0.416 e. The highest BCUT2D eigenvalue weighted by molar-refractivity contribution is 6.51. The molecule has 0 aliphatic carbocycles. The first-order valence-corrected chi connectivity index (χ1v) is 11.2. The van der Waals surface area contributed by atoms with Crippen molar-refractivity contribution in [3.63, 3.8) is 0 Å². The van der Waals surface area contributed by atoms with Gasteiger partial charge in [0, 0.05) is 5.56 Å². The molecule has 2 heterocycles. The van der Waals surface area contributed by atoms with E-state index in [9.17, 15) is 27.9 Å². The van der Waals surface area contributed by atoms with Crippen LogP contribution in [0.15, 0.2) is 66.2 Å². The second-order valence-corrected chi connectivity index (χ2v) is 9.65. The van der Waals surface area contributed by atoms with Crippen molar-refractivity contribution in [1.29, 1.82) is 0 Å². The van der Waals surface area contributed by atoms with Crippen LogP contribution in [0.2, 0.25) is 0 Å². The van der Waals surface area contributed by atoms with Crippen molar-refractivity contribution in [2.24, 2.45) is 0 Å². The van der Waals surface area contributed by atoms with Gasteiger partial charge in [-0.25, -0.2) is 0 Å². The number of nitrogens with zero attached hydrogens (tertiary/aromatic N) is 3. The zero-order chi connectivity index (χ0) is 26.4. The first-order valence-electron chi connectivity index (χ1n) is 11.2. The van der Waals surface area contributed by atoms with Crippen LogP contribution in [0.25, 0.3) is 5.76 Å². The maximum absolute atomic E-state index is 13.2. The molecule has 1 aliphatic rings. The van der Waals surface area contributed by atoms with Gasteiger partial charge in [0.05, 0.1) is 22.9 Å². The van der Waals surface area contributed by atoms with Gasteiger partial charge >= 0.3 is 12.1 Å². The van der Waals surface area contributed by atoms with E-state index in [0.717, 1.165) is 22.6 Å². The molecule has 0 spiro atoms. The third kappa shape index (κ3) is 4.60. The fourth-order valence-electron chi connectivity index (χ4n) is 4.04. The monoisotopic (exact) mass is 495 g/mol. The average Bonchev–Trinajstić information content (AvgIpc) is 3.09. The highest BCUT2D eigenvalue weighted by atomic mass is 19.4. The zero-order valence-corrected chi connectivity index (χ0v) is 20.1. The number of hydrogen-bond acceptors (Lipinski definition) is 5. The molecule has 0 radical (unpaired) electrons.